The maximum atomic E-state index is 13.0. The third kappa shape index (κ3) is 1.26. The Hall–Kier alpha value is -0.100. The molecule has 0 spiro atoms. The van der Waals surface area contributed by atoms with Crippen LogP contribution in [-0.4, -0.2) is 0 Å². The summed E-state index contributed by atoms with van der Waals surface area (Å²) in [5, 5.41) is 0.777. The normalized spacial score (nSPS) is 10.9. The summed E-state index contributed by atoms with van der Waals surface area (Å²) in [4.78, 5) is 0. The Kier molecular flexibility index (Phi) is 2.12. The van der Waals surface area contributed by atoms with Gasteiger partial charge >= 0.3 is 0 Å². The van der Waals surface area contributed by atoms with Crippen LogP contribution in [0.4, 0.5) is 4.39 Å². The Morgan fingerprint density at radius 3 is 2.92 bits per heavy atom. The predicted octanol–water partition coefficient (Wildman–Crippen LogP) is 3.94. The van der Waals surface area contributed by atoms with E-state index in [4.69, 9.17) is 4.42 Å². The fourth-order valence-electron chi connectivity index (χ4n) is 1.02. The van der Waals surface area contributed by atoms with E-state index in [1.54, 1.807) is 12.1 Å². The Morgan fingerprint density at radius 1 is 1.42 bits per heavy atom. The van der Waals surface area contributed by atoms with Crippen molar-refractivity contribution in [3.05, 3.63) is 32.3 Å². The van der Waals surface area contributed by atoms with E-state index < -0.39 is 0 Å². The third-order valence-corrected chi connectivity index (χ3v) is 2.90. The molecule has 0 bridgehead atoms. The first kappa shape index (κ1) is 8.50. The zero-order valence-electron chi connectivity index (χ0n) is 5.77. The zero-order chi connectivity index (χ0) is 8.72. The van der Waals surface area contributed by atoms with Crippen LogP contribution in [0.15, 0.2) is 27.1 Å². The molecule has 62 valence electrons. The highest BCUT2D eigenvalue weighted by molar-refractivity contribution is 14.1. The number of rotatable bonds is 0. The van der Waals surface area contributed by atoms with Crippen LogP contribution >= 0.6 is 38.5 Å². The van der Waals surface area contributed by atoms with E-state index in [1.807, 2.05) is 0 Å². The lowest BCUT2D eigenvalue weighted by Crippen LogP contribution is -1.75. The first-order valence-electron chi connectivity index (χ1n) is 3.21. The van der Waals surface area contributed by atoms with Crippen LogP contribution in [0.25, 0.3) is 11.0 Å². The molecular formula is C8H3BrFIO. The highest BCUT2D eigenvalue weighted by Crippen LogP contribution is 2.29. The van der Waals surface area contributed by atoms with Crippen LogP contribution in [0.5, 0.6) is 0 Å². The molecule has 4 heteroatoms. The average molecular weight is 341 g/mol. The Balaban J connectivity index is 2.89. The van der Waals surface area contributed by atoms with Crippen molar-refractivity contribution in [3.8, 4) is 0 Å². The minimum atomic E-state index is -0.264. The second kappa shape index (κ2) is 2.99. The number of hydrogen-bond donors (Lipinski definition) is 0. The lowest BCUT2D eigenvalue weighted by atomic mass is 10.2. The fraction of sp³-hybridized carbons (Fsp3) is 0. The molecule has 0 unspecified atom stereocenters. The van der Waals surface area contributed by atoms with Gasteiger partial charge in [-0.3, -0.25) is 0 Å². The number of hydrogen-bond acceptors (Lipinski definition) is 1. The lowest BCUT2D eigenvalue weighted by Gasteiger charge is -1.93. The number of furan rings is 1. The highest BCUT2D eigenvalue weighted by Gasteiger charge is 2.08. The van der Waals surface area contributed by atoms with Crippen molar-refractivity contribution < 1.29 is 8.81 Å². The number of benzene rings is 1. The van der Waals surface area contributed by atoms with Gasteiger partial charge in [-0.25, -0.2) is 4.39 Å². The van der Waals surface area contributed by atoms with Crippen molar-refractivity contribution >= 4 is 49.5 Å². The van der Waals surface area contributed by atoms with E-state index in [9.17, 15) is 4.39 Å². The smallest absolute Gasteiger partial charge is 0.165 e. The van der Waals surface area contributed by atoms with E-state index in [-0.39, 0.29) is 5.82 Å². The molecule has 12 heavy (non-hydrogen) atoms. The number of fused-ring (bicyclic) bond motifs is 1. The average Bonchev–Trinajstić information content (AvgIpc) is 2.39. The zero-order valence-corrected chi connectivity index (χ0v) is 9.52. The van der Waals surface area contributed by atoms with Crippen molar-refractivity contribution in [2.45, 2.75) is 0 Å². The summed E-state index contributed by atoms with van der Waals surface area (Å²) in [5.74, 6) is -0.264. The van der Waals surface area contributed by atoms with Crippen molar-refractivity contribution in [3.63, 3.8) is 0 Å². The molecule has 0 amide bonds. The van der Waals surface area contributed by atoms with Gasteiger partial charge in [0.15, 0.2) is 3.77 Å². The first-order chi connectivity index (χ1) is 5.68. The van der Waals surface area contributed by atoms with Crippen LogP contribution in [0, 0.1) is 9.58 Å². The van der Waals surface area contributed by atoms with Crippen LogP contribution in [0.2, 0.25) is 0 Å². The molecule has 0 atom stereocenters. The molecule has 0 aliphatic carbocycles. The maximum Gasteiger partial charge on any atom is 0.165 e. The van der Waals surface area contributed by atoms with Crippen molar-refractivity contribution in [2.75, 3.05) is 0 Å². The van der Waals surface area contributed by atoms with E-state index in [0.717, 1.165) is 9.15 Å². The van der Waals surface area contributed by atoms with Gasteiger partial charge in [0, 0.05) is 5.39 Å². The van der Waals surface area contributed by atoms with Crippen molar-refractivity contribution in [1.82, 2.24) is 0 Å². The summed E-state index contributed by atoms with van der Waals surface area (Å²) in [7, 11) is 0. The molecule has 0 radical (unpaired) electrons. The molecule has 1 heterocycles. The van der Waals surface area contributed by atoms with E-state index in [1.165, 1.54) is 6.07 Å². The first-order valence-corrected chi connectivity index (χ1v) is 5.08. The minimum absolute atomic E-state index is 0.264. The summed E-state index contributed by atoms with van der Waals surface area (Å²) in [5.41, 5.74) is 0.702. The van der Waals surface area contributed by atoms with Gasteiger partial charge in [-0.05, 0) is 56.7 Å². The maximum absolute atomic E-state index is 13.0. The third-order valence-electron chi connectivity index (χ3n) is 1.56. The topological polar surface area (TPSA) is 13.1 Å². The van der Waals surface area contributed by atoms with Gasteiger partial charge in [0.25, 0.3) is 0 Å². The fourth-order valence-corrected chi connectivity index (χ4v) is 2.01. The molecule has 0 fully saturated rings. The van der Waals surface area contributed by atoms with Gasteiger partial charge in [0.1, 0.15) is 11.4 Å². The monoisotopic (exact) mass is 340 g/mol. The molecule has 0 aliphatic heterocycles. The van der Waals surface area contributed by atoms with Gasteiger partial charge in [-0.2, -0.15) is 0 Å². The van der Waals surface area contributed by atoms with Crippen LogP contribution in [-0.2, 0) is 0 Å². The van der Waals surface area contributed by atoms with E-state index in [0.29, 0.717) is 10.1 Å². The van der Waals surface area contributed by atoms with Crippen LogP contribution in [0.3, 0.4) is 0 Å². The SMILES string of the molecule is Fc1ccc2oc(I)cc2c1Br. The quantitative estimate of drug-likeness (QED) is 0.662. The standard InChI is InChI=1S/C8H3BrFIO/c9-8-4-3-7(11)12-6(4)2-1-5(8)10/h1-3H. The summed E-state index contributed by atoms with van der Waals surface area (Å²) >= 11 is 5.21. The second-order valence-electron chi connectivity index (χ2n) is 2.32. The lowest BCUT2D eigenvalue weighted by molar-refractivity contribution is 0.581. The summed E-state index contributed by atoms with van der Waals surface area (Å²) in [6, 6.07) is 4.80. The summed E-state index contributed by atoms with van der Waals surface area (Å²) < 4.78 is 19.5. The van der Waals surface area contributed by atoms with Crippen LogP contribution in [0.1, 0.15) is 0 Å². The Labute approximate surface area is 90.2 Å². The highest BCUT2D eigenvalue weighted by atomic mass is 127. The molecule has 0 aliphatic rings. The van der Waals surface area contributed by atoms with Crippen LogP contribution < -0.4 is 0 Å². The summed E-state index contributed by atoms with van der Waals surface area (Å²) in [6.45, 7) is 0. The molecule has 2 rings (SSSR count). The van der Waals surface area contributed by atoms with Crippen molar-refractivity contribution in [2.24, 2.45) is 0 Å². The largest absolute Gasteiger partial charge is 0.450 e. The summed E-state index contributed by atoms with van der Waals surface area (Å²) in [6.07, 6.45) is 0. The molecule has 0 saturated carbocycles. The van der Waals surface area contributed by atoms with Crippen molar-refractivity contribution in [1.29, 1.82) is 0 Å². The Bertz CT molecular complexity index is 438. The van der Waals surface area contributed by atoms with Gasteiger partial charge < -0.3 is 4.42 Å². The molecule has 2 aromatic rings. The van der Waals surface area contributed by atoms with Gasteiger partial charge in [0.2, 0.25) is 0 Å². The molecule has 0 N–H and O–H groups in total. The van der Waals surface area contributed by atoms with E-state index >= 15 is 0 Å². The Morgan fingerprint density at radius 2 is 2.17 bits per heavy atom. The molecule has 0 saturated heterocycles. The van der Waals surface area contributed by atoms with E-state index in [2.05, 4.69) is 38.5 Å². The minimum Gasteiger partial charge on any atom is -0.450 e. The number of halogens is 3. The molecule has 1 nitrogen and oxygen atoms in total. The molecule has 1 aromatic carbocycles. The molecular weight excluding hydrogens is 338 g/mol. The molecule has 1 aromatic heterocycles. The van der Waals surface area contributed by atoms with Gasteiger partial charge in [-0.1, -0.05) is 0 Å². The van der Waals surface area contributed by atoms with Gasteiger partial charge in [0.05, 0.1) is 4.47 Å². The van der Waals surface area contributed by atoms with Gasteiger partial charge in [-0.15, -0.1) is 0 Å². The second-order valence-corrected chi connectivity index (χ2v) is 4.18. The predicted molar refractivity (Wildman–Crippen MR) is 56.6 cm³/mol.